The number of phenols is 1. The average molecular weight is 386 g/mol. The van der Waals surface area contributed by atoms with Crippen LogP contribution in [-0.4, -0.2) is 73.0 Å². The minimum Gasteiger partial charge on any atom is -0.508 e. The van der Waals surface area contributed by atoms with Gasteiger partial charge in [0.25, 0.3) is 5.91 Å². The highest BCUT2D eigenvalue weighted by molar-refractivity contribution is 7.91. The lowest BCUT2D eigenvalue weighted by molar-refractivity contribution is 0.0410. The standard InChI is InChI=1S/C20H22N2O4S/c1-21-9-10-22(19-13-27(25,26)12-18(19)21)20(24)16-4-2-3-15(11-16)14-5-7-17(23)8-6-14/h2-8,11,18-19,23H,9-10,12-13H2,1H3/t18-,19+/m1/s1. The Labute approximate surface area is 158 Å². The molecule has 0 aliphatic carbocycles. The summed E-state index contributed by atoms with van der Waals surface area (Å²) in [7, 11) is -1.20. The van der Waals surface area contributed by atoms with Gasteiger partial charge < -0.3 is 10.0 Å². The minimum absolute atomic E-state index is 0.0331. The molecule has 7 heteroatoms. The predicted molar refractivity (Wildman–Crippen MR) is 103 cm³/mol. The van der Waals surface area contributed by atoms with Crippen LogP contribution in [0.5, 0.6) is 5.75 Å². The third kappa shape index (κ3) is 3.44. The van der Waals surface area contributed by atoms with Crippen molar-refractivity contribution in [3.8, 4) is 16.9 Å². The number of benzene rings is 2. The number of aromatic hydroxyl groups is 1. The van der Waals surface area contributed by atoms with E-state index in [9.17, 15) is 18.3 Å². The third-order valence-corrected chi connectivity index (χ3v) is 7.22. The second-order valence-corrected chi connectivity index (χ2v) is 9.47. The molecule has 2 fully saturated rings. The van der Waals surface area contributed by atoms with Crippen LogP contribution in [0.1, 0.15) is 10.4 Å². The van der Waals surface area contributed by atoms with E-state index in [1.165, 1.54) is 0 Å². The van der Waals surface area contributed by atoms with Crippen LogP contribution in [-0.2, 0) is 9.84 Å². The smallest absolute Gasteiger partial charge is 0.254 e. The highest BCUT2D eigenvalue weighted by Crippen LogP contribution is 2.28. The number of hydrogen-bond donors (Lipinski definition) is 1. The number of sulfone groups is 1. The summed E-state index contributed by atoms with van der Waals surface area (Å²) in [6.07, 6.45) is 0. The molecule has 0 aromatic heterocycles. The molecule has 2 aliphatic rings. The van der Waals surface area contributed by atoms with Gasteiger partial charge >= 0.3 is 0 Å². The number of likely N-dealkylation sites (N-methyl/N-ethyl adjacent to an activating group) is 1. The first kappa shape index (κ1) is 18.0. The largest absolute Gasteiger partial charge is 0.508 e. The molecule has 27 heavy (non-hydrogen) atoms. The van der Waals surface area contributed by atoms with Gasteiger partial charge in [0, 0.05) is 24.7 Å². The average Bonchev–Trinajstić information content (AvgIpc) is 2.98. The first-order valence-electron chi connectivity index (χ1n) is 8.95. The summed E-state index contributed by atoms with van der Waals surface area (Å²) in [6, 6.07) is 13.7. The quantitative estimate of drug-likeness (QED) is 0.849. The Morgan fingerprint density at radius 1 is 1.00 bits per heavy atom. The van der Waals surface area contributed by atoms with Gasteiger partial charge in [0.1, 0.15) is 5.75 Å². The summed E-state index contributed by atoms with van der Waals surface area (Å²) < 4.78 is 24.3. The van der Waals surface area contributed by atoms with Gasteiger partial charge in [-0.25, -0.2) is 8.42 Å². The molecule has 0 spiro atoms. The fourth-order valence-corrected chi connectivity index (χ4v) is 6.09. The number of carbonyl (C=O) groups is 1. The van der Waals surface area contributed by atoms with Gasteiger partial charge in [-0.05, 0) is 42.4 Å². The van der Waals surface area contributed by atoms with Crippen molar-refractivity contribution < 1.29 is 18.3 Å². The van der Waals surface area contributed by atoms with Gasteiger partial charge in [-0.15, -0.1) is 0 Å². The molecule has 2 atom stereocenters. The number of piperazine rings is 1. The van der Waals surface area contributed by atoms with E-state index in [0.717, 1.165) is 11.1 Å². The Balaban J connectivity index is 1.63. The van der Waals surface area contributed by atoms with Crippen LogP contribution in [0, 0.1) is 0 Å². The zero-order valence-electron chi connectivity index (χ0n) is 15.1. The van der Waals surface area contributed by atoms with Crippen LogP contribution in [0.25, 0.3) is 11.1 Å². The van der Waals surface area contributed by atoms with Crippen LogP contribution >= 0.6 is 0 Å². The lowest BCUT2D eigenvalue weighted by atomic mass is 10.0. The molecule has 2 saturated heterocycles. The molecule has 2 aliphatic heterocycles. The lowest BCUT2D eigenvalue weighted by Gasteiger charge is -2.42. The predicted octanol–water partition coefficient (Wildman–Crippen LogP) is 1.61. The minimum atomic E-state index is -3.12. The van der Waals surface area contributed by atoms with E-state index in [0.29, 0.717) is 18.7 Å². The Kier molecular flexibility index (Phi) is 4.44. The molecule has 0 unspecified atom stereocenters. The second-order valence-electron chi connectivity index (χ2n) is 7.32. The molecule has 4 rings (SSSR count). The zero-order valence-corrected chi connectivity index (χ0v) is 15.9. The van der Waals surface area contributed by atoms with E-state index in [4.69, 9.17) is 0 Å². The van der Waals surface area contributed by atoms with Crippen molar-refractivity contribution >= 4 is 15.7 Å². The van der Waals surface area contributed by atoms with Crippen LogP contribution in [0.15, 0.2) is 48.5 Å². The van der Waals surface area contributed by atoms with Gasteiger partial charge in [0.05, 0.1) is 17.5 Å². The third-order valence-electron chi connectivity index (χ3n) is 5.52. The van der Waals surface area contributed by atoms with E-state index >= 15 is 0 Å². The number of nitrogens with zero attached hydrogens (tertiary/aromatic N) is 2. The SMILES string of the molecule is CN1CCN(C(=O)c2cccc(-c3ccc(O)cc3)c2)[C@H]2CS(=O)(=O)C[C@H]21. The highest BCUT2D eigenvalue weighted by atomic mass is 32.2. The van der Waals surface area contributed by atoms with Crippen molar-refractivity contribution in [3.05, 3.63) is 54.1 Å². The van der Waals surface area contributed by atoms with Crippen molar-refractivity contribution in [1.29, 1.82) is 0 Å². The number of rotatable bonds is 2. The summed E-state index contributed by atoms with van der Waals surface area (Å²) in [5.41, 5.74) is 2.33. The molecular weight excluding hydrogens is 364 g/mol. The molecule has 6 nitrogen and oxygen atoms in total. The normalized spacial score (nSPS) is 24.6. The number of fused-ring (bicyclic) bond motifs is 1. The molecule has 2 aromatic rings. The first-order valence-corrected chi connectivity index (χ1v) is 10.8. The van der Waals surface area contributed by atoms with E-state index in [-0.39, 0.29) is 35.2 Å². The molecule has 0 bridgehead atoms. The zero-order chi connectivity index (χ0) is 19.2. The van der Waals surface area contributed by atoms with Crippen molar-refractivity contribution in [2.24, 2.45) is 0 Å². The summed E-state index contributed by atoms with van der Waals surface area (Å²) in [5, 5.41) is 9.45. The van der Waals surface area contributed by atoms with Gasteiger partial charge in [-0.1, -0.05) is 24.3 Å². The maximum Gasteiger partial charge on any atom is 0.254 e. The molecule has 0 saturated carbocycles. The van der Waals surface area contributed by atoms with Crippen molar-refractivity contribution in [2.45, 2.75) is 12.1 Å². The Hall–Kier alpha value is -2.38. The van der Waals surface area contributed by atoms with E-state index in [2.05, 4.69) is 0 Å². The van der Waals surface area contributed by atoms with E-state index in [1.54, 1.807) is 35.2 Å². The molecule has 1 amide bonds. The van der Waals surface area contributed by atoms with Crippen LogP contribution < -0.4 is 0 Å². The maximum absolute atomic E-state index is 13.2. The topological polar surface area (TPSA) is 77.9 Å². The summed E-state index contributed by atoms with van der Waals surface area (Å²) >= 11 is 0. The fraction of sp³-hybridized carbons (Fsp3) is 0.350. The van der Waals surface area contributed by atoms with Crippen molar-refractivity contribution in [3.63, 3.8) is 0 Å². The maximum atomic E-state index is 13.2. The van der Waals surface area contributed by atoms with Gasteiger partial charge in [0.15, 0.2) is 9.84 Å². The van der Waals surface area contributed by atoms with Crippen LogP contribution in [0.2, 0.25) is 0 Å². The molecule has 2 heterocycles. The summed E-state index contributed by atoms with van der Waals surface area (Å²) in [4.78, 5) is 16.9. The number of hydrogen-bond acceptors (Lipinski definition) is 5. The van der Waals surface area contributed by atoms with E-state index < -0.39 is 9.84 Å². The fourth-order valence-electron chi connectivity index (χ4n) is 4.03. The van der Waals surface area contributed by atoms with Gasteiger partial charge in [0.2, 0.25) is 0 Å². The Bertz CT molecular complexity index is 972. The molecule has 2 aromatic carbocycles. The number of carbonyl (C=O) groups excluding carboxylic acids is 1. The van der Waals surface area contributed by atoms with Gasteiger partial charge in [-0.2, -0.15) is 0 Å². The lowest BCUT2D eigenvalue weighted by Crippen LogP contribution is -2.59. The van der Waals surface area contributed by atoms with E-state index in [1.807, 2.05) is 30.1 Å². The second kappa shape index (κ2) is 6.65. The number of phenolic OH excluding ortho intramolecular Hbond substituents is 1. The molecule has 0 radical (unpaired) electrons. The van der Waals surface area contributed by atoms with Crippen molar-refractivity contribution in [2.75, 3.05) is 31.6 Å². The highest BCUT2D eigenvalue weighted by Gasteiger charge is 2.47. The molecule has 1 N–H and O–H groups in total. The van der Waals surface area contributed by atoms with Gasteiger partial charge in [-0.3, -0.25) is 9.69 Å². The molecular formula is C20H22N2O4S. The Morgan fingerprint density at radius 3 is 2.44 bits per heavy atom. The molecule has 142 valence electrons. The number of amides is 1. The summed E-state index contributed by atoms with van der Waals surface area (Å²) in [5.74, 6) is 0.212. The monoisotopic (exact) mass is 386 g/mol. The summed E-state index contributed by atoms with van der Waals surface area (Å²) in [6.45, 7) is 1.19. The van der Waals surface area contributed by atoms with Crippen LogP contribution in [0.4, 0.5) is 0 Å². The van der Waals surface area contributed by atoms with Crippen molar-refractivity contribution in [1.82, 2.24) is 9.80 Å². The first-order chi connectivity index (χ1) is 12.8. The Morgan fingerprint density at radius 2 is 1.70 bits per heavy atom. The van der Waals surface area contributed by atoms with Crippen LogP contribution in [0.3, 0.4) is 0 Å².